The number of fused-ring (bicyclic) bond motifs is 6. The molecule has 0 radical (unpaired) electrons. The monoisotopic (exact) mass is 688 g/mol. The van der Waals surface area contributed by atoms with Crippen molar-refractivity contribution in [1.29, 1.82) is 0 Å². The Morgan fingerprint density at radius 3 is 1.30 bits per heavy atom. The van der Waals surface area contributed by atoms with E-state index >= 15 is 0 Å². The Morgan fingerprint density at radius 2 is 0.685 bits per heavy atom. The zero-order chi connectivity index (χ0) is 35.8. The maximum Gasteiger partial charge on any atom is 0.0626 e. The second-order valence-corrected chi connectivity index (χ2v) is 13.7. The minimum absolute atomic E-state index is 1.10. The van der Waals surface area contributed by atoms with Gasteiger partial charge in [-0.3, -0.25) is 0 Å². The van der Waals surface area contributed by atoms with Crippen LogP contribution in [-0.4, -0.2) is 4.40 Å². The van der Waals surface area contributed by atoms with E-state index in [1.165, 1.54) is 71.8 Å². The van der Waals surface area contributed by atoms with Gasteiger partial charge in [0.2, 0.25) is 0 Å². The molecule has 0 bridgehead atoms. The highest BCUT2D eigenvalue weighted by atomic mass is 15.1. The molecule has 8 aromatic carbocycles. The number of anilines is 3. The van der Waals surface area contributed by atoms with Gasteiger partial charge in [-0.15, -0.1) is 0 Å². The zero-order valence-corrected chi connectivity index (χ0v) is 29.7. The van der Waals surface area contributed by atoms with E-state index in [2.05, 4.69) is 228 Å². The Hall–Kier alpha value is -7.16. The lowest BCUT2D eigenvalue weighted by Crippen LogP contribution is -2.09. The van der Waals surface area contributed by atoms with Crippen LogP contribution in [-0.2, 0) is 0 Å². The van der Waals surface area contributed by atoms with E-state index in [0.29, 0.717) is 0 Å². The highest BCUT2D eigenvalue weighted by Gasteiger charge is 2.26. The maximum atomic E-state index is 2.52. The number of para-hydroxylation sites is 2. The minimum atomic E-state index is 1.10. The van der Waals surface area contributed by atoms with Gasteiger partial charge in [0.25, 0.3) is 0 Å². The van der Waals surface area contributed by atoms with Crippen LogP contribution in [0.4, 0.5) is 17.1 Å². The van der Waals surface area contributed by atoms with Crippen molar-refractivity contribution < 1.29 is 0 Å². The number of benzene rings is 8. The summed E-state index contributed by atoms with van der Waals surface area (Å²) < 4.78 is 2.52. The number of pyridine rings is 1. The number of hydrogen-bond donors (Lipinski definition) is 0. The molecule has 0 saturated carbocycles. The molecule has 254 valence electrons. The quantitative estimate of drug-likeness (QED) is 0.151. The van der Waals surface area contributed by atoms with Gasteiger partial charge in [-0.1, -0.05) is 176 Å². The summed E-state index contributed by atoms with van der Waals surface area (Å²) in [5.41, 5.74) is 15.3. The molecule has 0 unspecified atom stereocenters. The highest BCUT2D eigenvalue weighted by molar-refractivity contribution is 6.20. The number of nitrogens with zero attached hydrogens (tertiary/aromatic N) is 2. The Labute approximate surface area is 315 Å². The van der Waals surface area contributed by atoms with E-state index < -0.39 is 0 Å². The Bertz CT molecular complexity index is 2760. The van der Waals surface area contributed by atoms with Crippen LogP contribution in [0.2, 0.25) is 0 Å². The van der Waals surface area contributed by atoms with Crippen LogP contribution >= 0.6 is 0 Å². The summed E-state index contributed by atoms with van der Waals surface area (Å²) in [6, 6.07) is 78.7. The Morgan fingerprint density at radius 1 is 0.278 bits per heavy atom. The van der Waals surface area contributed by atoms with Gasteiger partial charge in [0.15, 0.2) is 0 Å². The van der Waals surface area contributed by atoms with Crippen molar-refractivity contribution in [3.05, 3.63) is 218 Å². The molecule has 0 aliphatic rings. The van der Waals surface area contributed by atoms with Gasteiger partial charge in [0, 0.05) is 39.0 Å². The van der Waals surface area contributed by atoms with Crippen LogP contribution in [0, 0.1) is 0 Å². The average molecular weight is 689 g/mol. The van der Waals surface area contributed by atoms with E-state index in [-0.39, 0.29) is 0 Å². The normalized spacial score (nSPS) is 11.3. The zero-order valence-electron chi connectivity index (χ0n) is 29.7. The molecule has 0 atom stereocenters. The molecule has 0 N–H and O–H groups in total. The van der Waals surface area contributed by atoms with Gasteiger partial charge in [-0.05, 0) is 75.7 Å². The van der Waals surface area contributed by atoms with Crippen LogP contribution in [0.15, 0.2) is 218 Å². The molecule has 2 heteroatoms. The predicted octanol–water partition coefficient (Wildman–Crippen LogP) is 14.4. The van der Waals surface area contributed by atoms with Crippen LogP contribution in [0.1, 0.15) is 0 Å². The van der Waals surface area contributed by atoms with Gasteiger partial charge < -0.3 is 9.30 Å². The summed E-state index contributed by atoms with van der Waals surface area (Å²) >= 11 is 0. The third-order valence-corrected chi connectivity index (χ3v) is 10.6. The molecular formula is C52H36N2. The van der Waals surface area contributed by atoms with Crippen molar-refractivity contribution >= 4 is 44.3 Å². The fraction of sp³-hybridized carbons (Fsp3) is 0. The second-order valence-electron chi connectivity index (χ2n) is 13.7. The molecule has 2 heterocycles. The SMILES string of the molecule is c1ccc(-c2ccc(N(c3ccccc3)c3ccc(-c4c(-c5ccccc5)c5c6ccccc6c6ccccc6n5c4-c4ccccc4)cc3)cc2)cc1. The fourth-order valence-corrected chi connectivity index (χ4v) is 8.16. The molecule has 0 spiro atoms. The molecule has 2 nitrogen and oxygen atoms in total. The number of hydrogen-bond acceptors (Lipinski definition) is 1. The lowest BCUT2D eigenvalue weighted by molar-refractivity contribution is 1.28. The van der Waals surface area contributed by atoms with Gasteiger partial charge >= 0.3 is 0 Å². The van der Waals surface area contributed by atoms with Gasteiger partial charge in [0.1, 0.15) is 0 Å². The number of aromatic nitrogens is 1. The molecule has 2 aromatic heterocycles. The first-order chi connectivity index (χ1) is 26.8. The molecule has 0 amide bonds. The Kier molecular flexibility index (Phi) is 7.85. The molecule has 10 aromatic rings. The largest absolute Gasteiger partial charge is 0.311 e. The molecule has 0 aliphatic heterocycles. The van der Waals surface area contributed by atoms with E-state index in [0.717, 1.165) is 17.1 Å². The standard InChI is InChI=1S/C52H36N2/c1-5-17-37(18-6-1)38-29-33-43(34-30-38)53(42-23-11-4-12-24-42)44-35-31-40(32-36-44)49-50(39-19-7-2-8-20-39)52-47-27-14-13-25-45(47)46-26-15-16-28-48(46)54(52)51(49)41-21-9-3-10-22-41/h1-36H. The van der Waals surface area contributed by atoms with E-state index in [1.54, 1.807) is 0 Å². The average Bonchev–Trinajstić information content (AvgIpc) is 3.62. The van der Waals surface area contributed by atoms with Crippen LogP contribution < -0.4 is 4.90 Å². The summed E-state index contributed by atoms with van der Waals surface area (Å²) in [6.45, 7) is 0. The molecule has 0 fully saturated rings. The van der Waals surface area contributed by atoms with Crippen molar-refractivity contribution in [3.8, 4) is 44.6 Å². The topological polar surface area (TPSA) is 7.65 Å². The van der Waals surface area contributed by atoms with Gasteiger partial charge in [0.05, 0.1) is 16.7 Å². The van der Waals surface area contributed by atoms with Crippen molar-refractivity contribution in [1.82, 2.24) is 4.40 Å². The first kappa shape index (κ1) is 31.6. The smallest absolute Gasteiger partial charge is 0.0626 e. The lowest BCUT2D eigenvalue weighted by Gasteiger charge is -2.26. The lowest BCUT2D eigenvalue weighted by atomic mass is 9.92. The highest BCUT2D eigenvalue weighted by Crippen LogP contribution is 2.49. The van der Waals surface area contributed by atoms with E-state index in [1.807, 2.05) is 0 Å². The molecular weight excluding hydrogens is 653 g/mol. The summed E-state index contributed by atoms with van der Waals surface area (Å²) in [5, 5.41) is 3.74. The molecule has 54 heavy (non-hydrogen) atoms. The van der Waals surface area contributed by atoms with Crippen LogP contribution in [0.25, 0.3) is 71.8 Å². The van der Waals surface area contributed by atoms with Crippen molar-refractivity contribution in [2.75, 3.05) is 4.90 Å². The van der Waals surface area contributed by atoms with Gasteiger partial charge in [-0.25, -0.2) is 0 Å². The second kappa shape index (κ2) is 13.4. The van der Waals surface area contributed by atoms with Crippen LogP contribution in [0.3, 0.4) is 0 Å². The van der Waals surface area contributed by atoms with Crippen molar-refractivity contribution in [3.63, 3.8) is 0 Å². The third kappa shape index (κ3) is 5.36. The van der Waals surface area contributed by atoms with Crippen molar-refractivity contribution in [2.24, 2.45) is 0 Å². The van der Waals surface area contributed by atoms with E-state index in [9.17, 15) is 0 Å². The summed E-state index contributed by atoms with van der Waals surface area (Å²) in [7, 11) is 0. The van der Waals surface area contributed by atoms with Crippen molar-refractivity contribution in [2.45, 2.75) is 0 Å². The fourth-order valence-electron chi connectivity index (χ4n) is 8.16. The minimum Gasteiger partial charge on any atom is -0.311 e. The first-order valence-corrected chi connectivity index (χ1v) is 18.5. The van der Waals surface area contributed by atoms with E-state index in [4.69, 9.17) is 0 Å². The van der Waals surface area contributed by atoms with Crippen LogP contribution in [0.5, 0.6) is 0 Å². The number of rotatable bonds is 7. The molecule has 0 aliphatic carbocycles. The molecule has 10 rings (SSSR count). The summed E-state index contributed by atoms with van der Waals surface area (Å²) in [4.78, 5) is 2.34. The first-order valence-electron chi connectivity index (χ1n) is 18.5. The molecule has 0 saturated heterocycles. The predicted molar refractivity (Wildman–Crippen MR) is 229 cm³/mol. The summed E-state index contributed by atoms with van der Waals surface area (Å²) in [6.07, 6.45) is 0. The summed E-state index contributed by atoms with van der Waals surface area (Å²) in [5.74, 6) is 0. The maximum absolute atomic E-state index is 2.52. The third-order valence-electron chi connectivity index (χ3n) is 10.6. The Balaban J connectivity index is 1.23. The van der Waals surface area contributed by atoms with Gasteiger partial charge in [-0.2, -0.15) is 0 Å².